The first-order chi connectivity index (χ1) is 7.27. The van der Waals surface area contributed by atoms with Crippen molar-refractivity contribution in [2.75, 3.05) is 5.32 Å². The summed E-state index contributed by atoms with van der Waals surface area (Å²) < 4.78 is 4.97. The number of rotatable bonds is 3. The van der Waals surface area contributed by atoms with Crippen molar-refractivity contribution in [1.29, 1.82) is 0 Å². The highest BCUT2D eigenvalue weighted by Gasteiger charge is 2.04. The molecule has 0 saturated carbocycles. The number of halogens is 1. The molecule has 2 aromatic heterocycles. The lowest BCUT2D eigenvalue weighted by Gasteiger charge is -2.09. The maximum Gasteiger partial charge on any atom is 0.152 e. The molecular weight excluding hydrogens is 212 g/mol. The second-order valence-corrected chi connectivity index (χ2v) is 3.64. The predicted octanol–water partition coefficient (Wildman–Crippen LogP) is 3.25. The highest BCUT2D eigenvalue weighted by Crippen LogP contribution is 2.23. The largest absolute Gasteiger partial charge is 0.472 e. The van der Waals surface area contributed by atoms with Gasteiger partial charge in [-0.05, 0) is 24.6 Å². The summed E-state index contributed by atoms with van der Waals surface area (Å²) in [6.45, 7) is 2.67. The molecule has 0 bridgehead atoms. The molecule has 0 amide bonds. The van der Waals surface area contributed by atoms with Crippen LogP contribution in [0.5, 0.6) is 0 Å². The number of pyridine rings is 1. The average molecular weight is 223 g/mol. The molecule has 0 saturated heterocycles. The summed E-state index contributed by atoms with van der Waals surface area (Å²) in [5.74, 6) is 0. The van der Waals surface area contributed by atoms with Crippen molar-refractivity contribution in [1.82, 2.24) is 4.98 Å². The molecule has 0 radical (unpaired) electrons. The van der Waals surface area contributed by atoms with Gasteiger partial charge in [0.15, 0.2) is 5.15 Å². The Kier molecular flexibility index (Phi) is 2.92. The Bertz CT molecular complexity index is 420. The van der Waals surface area contributed by atoms with Crippen molar-refractivity contribution in [2.24, 2.45) is 0 Å². The Morgan fingerprint density at radius 1 is 1.47 bits per heavy atom. The van der Waals surface area contributed by atoms with Crippen LogP contribution in [0.25, 0.3) is 0 Å². The Morgan fingerprint density at radius 2 is 2.33 bits per heavy atom. The van der Waals surface area contributed by atoms with Gasteiger partial charge >= 0.3 is 0 Å². The lowest BCUT2D eigenvalue weighted by Crippen LogP contribution is -2.01. The molecular formula is C11H11ClN2O. The molecule has 0 spiro atoms. The van der Waals surface area contributed by atoms with Gasteiger partial charge in [-0.15, -0.1) is 0 Å². The second kappa shape index (κ2) is 4.36. The summed E-state index contributed by atoms with van der Waals surface area (Å²) >= 11 is 5.97. The maximum atomic E-state index is 5.97. The lowest BCUT2D eigenvalue weighted by molar-refractivity contribution is 0.564. The normalized spacial score (nSPS) is 10.3. The first-order valence-electron chi connectivity index (χ1n) is 4.63. The van der Waals surface area contributed by atoms with Crippen LogP contribution in [0.3, 0.4) is 0 Å². The molecule has 4 heteroatoms. The van der Waals surface area contributed by atoms with E-state index in [9.17, 15) is 0 Å². The zero-order valence-electron chi connectivity index (χ0n) is 8.33. The average Bonchev–Trinajstić information content (AvgIpc) is 2.70. The summed E-state index contributed by atoms with van der Waals surface area (Å²) in [6.07, 6.45) is 5.04. The van der Waals surface area contributed by atoms with E-state index < -0.39 is 0 Å². The zero-order chi connectivity index (χ0) is 10.7. The molecule has 2 rings (SSSR count). The van der Waals surface area contributed by atoms with Gasteiger partial charge < -0.3 is 9.73 Å². The van der Waals surface area contributed by atoms with Crippen molar-refractivity contribution in [3.63, 3.8) is 0 Å². The molecule has 2 aromatic rings. The number of nitrogens with one attached hydrogen (secondary N) is 1. The van der Waals surface area contributed by atoms with Gasteiger partial charge in [-0.3, -0.25) is 0 Å². The molecule has 15 heavy (non-hydrogen) atoms. The number of hydrogen-bond acceptors (Lipinski definition) is 3. The summed E-state index contributed by atoms with van der Waals surface area (Å²) in [5, 5.41) is 3.73. The van der Waals surface area contributed by atoms with Crippen LogP contribution in [0.15, 0.2) is 35.3 Å². The SMILES string of the molecule is Cc1ccnc(Cl)c1NCc1ccoc1. The van der Waals surface area contributed by atoms with E-state index in [0.29, 0.717) is 11.7 Å². The number of aromatic nitrogens is 1. The quantitative estimate of drug-likeness (QED) is 0.811. The summed E-state index contributed by atoms with van der Waals surface area (Å²) in [5.41, 5.74) is 3.04. The van der Waals surface area contributed by atoms with Crippen molar-refractivity contribution >= 4 is 17.3 Å². The minimum Gasteiger partial charge on any atom is -0.472 e. The van der Waals surface area contributed by atoms with Gasteiger partial charge in [0, 0.05) is 18.3 Å². The number of nitrogens with zero attached hydrogens (tertiary/aromatic N) is 1. The van der Waals surface area contributed by atoms with Crippen LogP contribution in [0.1, 0.15) is 11.1 Å². The van der Waals surface area contributed by atoms with Gasteiger partial charge in [-0.1, -0.05) is 11.6 Å². The van der Waals surface area contributed by atoms with E-state index in [1.807, 2.05) is 19.1 Å². The maximum absolute atomic E-state index is 5.97. The Morgan fingerprint density at radius 3 is 3.00 bits per heavy atom. The van der Waals surface area contributed by atoms with E-state index in [-0.39, 0.29) is 0 Å². The van der Waals surface area contributed by atoms with E-state index in [1.165, 1.54) is 0 Å². The molecule has 3 nitrogen and oxygen atoms in total. The third kappa shape index (κ3) is 2.30. The van der Waals surface area contributed by atoms with Gasteiger partial charge in [0.2, 0.25) is 0 Å². The first-order valence-corrected chi connectivity index (χ1v) is 5.01. The highest BCUT2D eigenvalue weighted by atomic mass is 35.5. The van der Waals surface area contributed by atoms with Gasteiger partial charge in [-0.2, -0.15) is 0 Å². The molecule has 0 unspecified atom stereocenters. The fourth-order valence-electron chi connectivity index (χ4n) is 1.32. The number of furan rings is 1. The van der Waals surface area contributed by atoms with Crippen LogP contribution in [0.4, 0.5) is 5.69 Å². The topological polar surface area (TPSA) is 38.1 Å². The zero-order valence-corrected chi connectivity index (χ0v) is 9.08. The van der Waals surface area contributed by atoms with Crippen molar-refractivity contribution in [3.05, 3.63) is 47.1 Å². The fraction of sp³-hybridized carbons (Fsp3) is 0.182. The molecule has 1 N–H and O–H groups in total. The number of anilines is 1. The molecule has 0 aromatic carbocycles. The summed E-state index contributed by atoms with van der Waals surface area (Å²) in [4.78, 5) is 4.02. The van der Waals surface area contributed by atoms with E-state index in [0.717, 1.165) is 16.8 Å². The Balaban J connectivity index is 2.11. The third-order valence-electron chi connectivity index (χ3n) is 2.16. The van der Waals surface area contributed by atoms with E-state index >= 15 is 0 Å². The number of hydrogen-bond donors (Lipinski definition) is 1. The third-order valence-corrected chi connectivity index (χ3v) is 2.45. The van der Waals surface area contributed by atoms with E-state index in [1.54, 1.807) is 18.7 Å². The second-order valence-electron chi connectivity index (χ2n) is 3.28. The van der Waals surface area contributed by atoms with E-state index in [4.69, 9.17) is 16.0 Å². The lowest BCUT2D eigenvalue weighted by atomic mass is 10.2. The smallest absolute Gasteiger partial charge is 0.152 e. The summed E-state index contributed by atoms with van der Waals surface area (Å²) in [6, 6.07) is 3.83. The van der Waals surface area contributed by atoms with Crippen molar-refractivity contribution in [2.45, 2.75) is 13.5 Å². The molecule has 0 aliphatic carbocycles. The first kappa shape index (κ1) is 10.1. The van der Waals surface area contributed by atoms with Crippen LogP contribution in [0.2, 0.25) is 5.15 Å². The van der Waals surface area contributed by atoms with Crippen LogP contribution in [-0.2, 0) is 6.54 Å². The Labute approximate surface area is 93.1 Å². The Hall–Kier alpha value is -1.48. The van der Waals surface area contributed by atoms with E-state index in [2.05, 4.69) is 10.3 Å². The minimum absolute atomic E-state index is 0.499. The van der Waals surface area contributed by atoms with Crippen LogP contribution in [0, 0.1) is 6.92 Å². The predicted molar refractivity (Wildman–Crippen MR) is 60.0 cm³/mol. The number of aryl methyl sites for hydroxylation is 1. The van der Waals surface area contributed by atoms with Gasteiger partial charge in [-0.25, -0.2) is 4.98 Å². The monoisotopic (exact) mass is 222 g/mol. The van der Waals surface area contributed by atoms with Crippen LogP contribution < -0.4 is 5.32 Å². The van der Waals surface area contributed by atoms with Crippen molar-refractivity contribution in [3.8, 4) is 0 Å². The van der Waals surface area contributed by atoms with Crippen LogP contribution in [-0.4, -0.2) is 4.98 Å². The minimum atomic E-state index is 0.499. The molecule has 0 aliphatic rings. The van der Waals surface area contributed by atoms with Gasteiger partial charge in [0.25, 0.3) is 0 Å². The molecule has 0 aliphatic heterocycles. The van der Waals surface area contributed by atoms with Crippen LogP contribution >= 0.6 is 11.6 Å². The fourth-order valence-corrected chi connectivity index (χ4v) is 1.59. The molecule has 78 valence electrons. The van der Waals surface area contributed by atoms with Gasteiger partial charge in [0.05, 0.1) is 18.2 Å². The standard InChI is InChI=1S/C11H11ClN2O/c1-8-2-4-13-11(12)10(8)14-6-9-3-5-15-7-9/h2-5,7,14H,6H2,1H3. The molecule has 0 atom stereocenters. The summed E-state index contributed by atoms with van der Waals surface area (Å²) in [7, 11) is 0. The highest BCUT2D eigenvalue weighted by molar-refractivity contribution is 6.32. The van der Waals surface area contributed by atoms with Crippen molar-refractivity contribution < 1.29 is 4.42 Å². The molecule has 2 heterocycles. The molecule has 0 fully saturated rings. The van der Waals surface area contributed by atoms with Gasteiger partial charge in [0.1, 0.15) is 0 Å².